The molecule has 0 aliphatic carbocycles. The van der Waals surface area contributed by atoms with Crippen molar-refractivity contribution in [3.8, 4) is 5.75 Å². The lowest BCUT2D eigenvalue weighted by molar-refractivity contribution is -0.386. The molecule has 118 valence electrons. The zero-order chi connectivity index (χ0) is 15.8. The lowest BCUT2D eigenvalue weighted by Gasteiger charge is -2.17. The number of hydrogen-bond donors (Lipinski definition) is 0. The maximum atomic E-state index is 13.5. The van der Waals surface area contributed by atoms with Crippen LogP contribution in [-0.2, 0) is 9.47 Å². The van der Waals surface area contributed by atoms with Crippen molar-refractivity contribution in [2.45, 2.75) is 26.6 Å². The van der Waals surface area contributed by atoms with E-state index in [0.717, 1.165) is 12.1 Å². The Kier molecular flexibility index (Phi) is 7.55. The molecule has 0 aromatic heterocycles. The van der Waals surface area contributed by atoms with Gasteiger partial charge in [0.1, 0.15) is 5.82 Å². The predicted octanol–water partition coefficient (Wildman–Crippen LogP) is 3.66. The van der Waals surface area contributed by atoms with E-state index in [2.05, 4.69) is 15.9 Å². The maximum Gasteiger partial charge on any atom is 0.312 e. The Hall–Kier alpha value is -1.25. The van der Waals surface area contributed by atoms with Gasteiger partial charge in [0.25, 0.3) is 0 Å². The number of rotatable bonds is 9. The normalized spacial score (nSPS) is 10.9. The summed E-state index contributed by atoms with van der Waals surface area (Å²) >= 11 is 2.91. The molecule has 0 N–H and O–H groups in total. The Labute approximate surface area is 130 Å². The van der Waals surface area contributed by atoms with Crippen molar-refractivity contribution in [2.24, 2.45) is 0 Å². The lowest BCUT2D eigenvalue weighted by Crippen LogP contribution is -2.20. The van der Waals surface area contributed by atoms with E-state index in [0.29, 0.717) is 19.6 Å². The standard InChI is InChI=1S/C13H17BrFNO5/c1-3-19-13(20-4-2)5-6-21-12-8-10(15)9(14)7-11(12)16(17)18/h7-8,13H,3-6H2,1-2H3. The zero-order valence-electron chi connectivity index (χ0n) is 11.8. The van der Waals surface area contributed by atoms with Crippen molar-refractivity contribution >= 4 is 21.6 Å². The monoisotopic (exact) mass is 365 g/mol. The molecule has 1 aromatic rings. The third-order valence-electron chi connectivity index (χ3n) is 2.51. The van der Waals surface area contributed by atoms with Crippen LogP contribution in [0, 0.1) is 15.9 Å². The summed E-state index contributed by atoms with van der Waals surface area (Å²) in [6, 6.07) is 2.06. The number of benzene rings is 1. The third kappa shape index (κ3) is 5.56. The fourth-order valence-corrected chi connectivity index (χ4v) is 1.96. The van der Waals surface area contributed by atoms with Gasteiger partial charge in [-0.2, -0.15) is 0 Å². The van der Waals surface area contributed by atoms with Crippen molar-refractivity contribution in [1.29, 1.82) is 0 Å². The van der Waals surface area contributed by atoms with Crippen LogP contribution in [0.5, 0.6) is 5.75 Å². The highest BCUT2D eigenvalue weighted by molar-refractivity contribution is 9.10. The first-order valence-electron chi connectivity index (χ1n) is 6.49. The van der Waals surface area contributed by atoms with E-state index in [1.54, 1.807) is 0 Å². The Bertz CT molecular complexity index is 480. The molecule has 1 aromatic carbocycles. The van der Waals surface area contributed by atoms with Crippen LogP contribution in [0.1, 0.15) is 20.3 Å². The van der Waals surface area contributed by atoms with E-state index in [-0.39, 0.29) is 22.5 Å². The molecular weight excluding hydrogens is 349 g/mol. The van der Waals surface area contributed by atoms with Gasteiger partial charge in [0.2, 0.25) is 0 Å². The quantitative estimate of drug-likeness (QED) is 0.379. The average molecular weight is 366 g/mol. The molecule has 0 saturated heterocycles. The molecule has 8 heteroatoms. The van der Waals surface area contributed by atoms with Crippen molar-refractivity contribution in [2.75, 3.05) is 19.8 Å². The molecule has 1 rings (SSSR count). The van der Waals surface area contributed by atoms with E-state index >= 15 is 0 Å². The topological polar surface area (TPSA) is 70.8 Å². The van der Waals surface area contributed by atoms with Gasteiger partial charge in [0.15, 0.2) is 12.0 Å². The zero-order valence-corrected chi connectivity index (χ0v) is 13.4. The Balaban J connectivity index is 2.70. The molecule has 0 radical (unpaired) electrons. The van der Waals surface area contributed by atoms with Crippen molar-refractivity contribution in [3.63, 3.8) is 0 Å². The van der Waals surface area contributed by atoms with Gasteiger partial charge in [-0.1, -0.05) is 0 Å². The van der Waals surface area contributed by atoms with Crippen LogP contribution in [0.4, 0.5) is 10.1 Å². The van der Waals surface area contributed by atoms with E-state index < -0.39 is 17.0 Å². The summed E-state index contributed by atoms with van der Waals surface area (Å²) in [4.78, 5) is 10.3. The number of ether oxygens (including phenoxy) is 3. The molecule has 0 atom stereocenters. The van der Waals surface area contributed by atoms with E-state index in [4.69, 9.17) is 14.2 Å². The highest BCUT2D eigenvalue weighted by atomic mass is 79.9. The highest BCUT2D eigenvalue weighted by Gasteiger charge is 2.19. The molecule has 0 heterocycles. The van der Waals surface area contributed by atoms with Gasteiger partial charge in [-0.15, -0.1) is 0 Å². The summed E-state index contributed by atoms with van der Waals surface area (Å²) in [5.41, 5.74) is -0.298. The van der Waals surface area contributed by atoms with Gasteiger partial charge in [-0.25, -0.2) is 4.39 Å². The molecule has 0 aliphatic rings. The van der Waals surface area contributed by atoms with Crippen molar-refractivity contribution < 1.29 is 23.5 Å². The molecule has 0 unspecified atom stereocenters. The summed E-state index contributed by atoms with van der Waals surface area (Å²) in [6.45, 7) is 4.76. The molecule has 21 heavy (non-hydrogen) atoms. The second kappa shape index (κ2) is 8.91. The van der Waals surface area contributed by atoms with Crippen LogP contribution in [-0.4, -0.2) is 31.0 Å². The molecule has 0 aliphatic heterocycles. The minimum atomic E-state index is -0.623. The summed E-state index contributed by atoms with van der Waals surface area (Å²) in [6.07, 6.45) is -0.0596. The summed E-state index contributed by atoms with van der Waals surface area (Å²) < 4.78 is 29.4. The van der Waals surface area contributed by atoms with Crippen LogP contribution in [0.15, 0.2) is 16.6 Å². The third-order valence-corrected chi connectivity index (χ3v) is 3.12. The number of hydrogen-bond acceptors (Lipinski definition) is 5. The van der Waals surface area contributed by atoms with E-state index in [1.165, 1.54) is 0 Å². The fourth-order valence-electron chi connectivity index (χ4n) is 1.63. The molecule has 0 spiro atoms. The van der Waals surface area contributed by atoms with Crippen molar-refractivity contribution in [1.82, 2.24) is 0 Å². The lowest BCUT2D eigenvalue weighted by atomic mass is 10.3. The summed E-state index contributed by atoms with van der Waals surface area (Å²) in [5, 5.41) is 10.9. The fraction of sp³-hybridized carbons (Fsp3) is 0.538. The van der Waals surface area contributed by atoms with Crippen LogP contribution < -0.4 is 4.74 Å². The molecule has 0 amide bonds. The Morgan fingerprint density at radius 1 is 1.33 bits per heavy atom. The second-order valence-electron chi connectivity index (χ2n) is 3.97. The van der Waals surface area contributed by atoms with Crippen LogP contribution in [0.2, 0.25) is 0 Å². The van der Waals surface area contributed by atoms with Gasteiger partial charge in [-0.05, 0) is 29.8 Å². The molecule has 0 saturated carbocycles. The first-order valence-corrected chi connectivity index (χ1v) is 7.28. The number of nitro benzene ring substituents is 1. The first kappa shape index (κ1) is 17.8. The summed E-state index contributed by atoms with van der Waals surface area (Å²) in [7, 11) is 0. The van der Waals surface area contributed by atoms with E-state index in [9.17, 15) is 14.5 Å². The molecular formula is C13H17BrFNO5. The van der Waals surface area contributed by atoms with E-state index in [1.807, 2.05) is 13.8 Å². The van der Waals surface area contributed by atoms with Gasteiger partial charge >= 0.3 is 5.69 Å². The summed E-state index contributed by atoms with van der Waals surface area (Å²) in [5.74, 6) is -0.741. The first-order chi connectivity index (χ1) is 9.99. The minimum Gasteiger partial charge on any atom is -0.487 e. The maximum absolute atomic E-state index is 13.5. The van der Waals surface area contributed by atoms with Gasteiger partial charge in [0.05, 0.1) is 16.0 Å². The van der Waals surface area contributed by atoms with Gasteiger partial charge < -0.3 is 14.2 Å². The SMILES string of the molecule is CCOC(CCOc1cc(F)c(Br)cc1[N+](=O)[O-])OCC. The smallest absolute Gasteiger partial charge is 0.312 e. The minimum absolute atomic E-state index is 0.0167. The van der Waals surface area contributed by atoms with Crippen LogP contribution in [0.25, 0.3) is 0 Å². The Morgan fingerprint density at radius 2 is 1.95 bits per heavy atom. The number of nitrogens with zero attached hydrogens (tertiary/aromatic N) is 1. The molecule has 6 nitrogen and oxygen atoms in total. The number of halogens is 2. The average Bonchev–Trinajstić information content (AvgIpc) is 2.42. The predicted molar refractivity (Wildman–Crippen MR) is 77.9 cm³/mol. The van der Waals surface area contributed by atoms with Gasteiger partial charge in [-0.3, -0.25) is 10.1 Å². The van der Waals surface area contributed by atoms with Crippen LogP contribution >= 0.6 is 15.9 Å². The molecule has 0 fully saturated rings. The second-order valence-corrected chi connectivity index (χ2v) is 4.82. The van der Waals surface area contributed by atoms with Crippen molar-refractivity contribution in [3.05, 3.63) is 32.5 Å². The highest BCUT2D eigenvalue weighted by Crippen LogP contribution is 2.32. The number of nitro groups is 1. The largest absolute Gasteiger partial charge is 0.487 e. The Morgan fingerprint density at radius 3 is 2.48 bits per heavy atom. The molecule has 0 bridgehead atoms. The van der Waals surface area contributed by atoms with Crippen LogP contribution in [0.3, 0.4) is 0 Å². The van der Waals surface area contributed by atoms with Gasteiger partial charge in [0, 0.05) is 31.8 Å².